The highest BCUT2D eigenvalue weighted by molar-refractivity contribution is 6.35. The third-order valence-corrected chi connectivity index (χ3v) is 4.65. The summed E-state index contributed by atoms with van der Waals surface area (Å²) in [5, 5.41) is 9.83. The SMILES string of the molecule is C[n+]1ccc(-c2cc[n+](C)cc2)cc1.O=C(O)COc1ccc(Cl)c2cccnc12.[Cl-].[Cl-]. The zero-order valence-electron chi connectivity index (χ0n) is 17.5. The molecule has 0 radical (unpaired) electrons. The van der Waals surface area contributed by atoms with Crippen LogP contribution in [-0.2, 0) is 18.9 Å². The highest BCUT2D eigenvalue weighted by atomic mass is 35.5. The van der Waals surface area contributed by atoms with Crippen LogP contribution in [0, 0.1) is 0 Å². The molecule has 9 heteroatoms. The van der Waals surface area contributed by atoms with E-state index in [1.165, 1.54) is 11.1 Å². The first-order valence-electron chi connectivity index (χ1n) is 9.23. The average molecular weight is 495 g/mol. The topological polar surface area (TPSA) is 67.2 Å². The highest BCUT2D eigenvalue weighted by Gasteiger charge is 2.08. The van der Waals surface area contributed by atoms with Crippen molar-refractivity contribution in [3.05, 3.63) is 84.5 Å². The predicted molar refractivity (Wildman–Crippen MR) is 114 cm³/mol. The number of carboxylic acid groups (broad SMARTS) is 1. The summed E-state index contributed by atoms with van der Waals surface area (Å²) in [5.41, 5.74) is 3.07. The Kier molecular flexibility index (Phi) is 10.9. The fourth-order valence-electron chi connectivity index (χ4n) is 2.75. The van der Waals surface area contributed by atoms with Crippen molar-refractivity contribution < 1.29 is 48.6 Å². The minimum Gasteiger partial charge on any atom is -1.00 e. The smallest absolute Gasteiger partial charge is 0.341 e. The van der Waals surface area contributed by atoms with E-state index in [1.54, 1.807) is 30.5 Å². The molecule has 32 heavy (non-hydrogen) atoms. The minimum atomic E-state index is -1.03. The van der Waals surface area contributed by atoms with E-state index >= 15 is 0 Å². The number of fused-ring (bicyclic) bond motifs is 1. The maximum Gasteiger partial charge on any atom is 0.341 e. The summed E-state index contributed by atoms with van der Waals surface area (Å²) in [7, 11) is 4.05. The molecule has 3 heterocycles. The van der Waals surface area contributed by atoms with Crippen molar-refractivity contribution in [2.75, 3.05) is 6.61 Å². The quantitative estimate of drug-likeness (QED) is 0.315. The summed E-state index contributed by atoms with van der Waals surface area (Å²) in [6.45, 7) is -0.396. The van der Waals surface area contributed by atoms with Crippen LogP contribution in [0.2, 0.25) is 5.02 Å². The Bertz CT molecular complexity index is 1110. The molecule has 1 N–H and O–H groups in total. The van der Waals surface area contributed by atoms with Gasteiger partial charge in [-0.05, 0) is 35.4 Å². The van der Waals surface area contributed by atoms with Crippen LogP contribution in [0.3, 0.4) is 0 Å². The molecule has 0 spiro atoms. The fourth-order valence-corrected chi connectivity index (χ4v) is 2.97. The van der Waals surface area contributed by atoms with Gasteiger partial charge < -0.3 is 34.7 Å². The Hall–Kier alpha value is -2.93. The Labute approximate surface area is 203 Å². The summed E-state index contributed by atoms with van der Waals surface area (Å²) in [4.78, 5) is 14.5. The number of rotatable bonds is 4. The van der Waals surface area contributed by atoms with Crippen molar-refractivity contribution in [2.45, 2.75) is 0 Å². The number of aryl methyl sites for hydroxylation is 2. The maximum atomic E-state index is 10.4. The molecule has 4 rings (SSSR count). The number of carbonyl (C=O) groups is 1. The maximum absolute atomic E-state index is 10.4. The Morgan fingerprint density at radius 1 is 0.938 bits per heavy atom. The third kappa shape index (κ3) is 7.34. The lowest BCUT2D eigenvalue weighted by molar-refractivity contribution is -0.671. The van der Waals surface area contributed by atoms with Gasteiger partial charge in [-0.25, -0.2) is 13.9 Å². The minimum absolute atomic E-state index is 0. The number of ether oxygens (including phenoxy) is 1. The first-order chi connectivity index (χ1) is 14.4. The molecule has 0 aliphatic heterocycles. The molecular formula is C23H22Cl3N3O3. The number of carboxylic acids is 1. The van der Waals surface area contributed by atoms with Crippen LogP contribution in [0.1, 0.15) is 0 Å². The number of hydrogen-bond donors (Lipinski definition) is 1. The van der Waals surface area contributed by atoms with E-state index in [-0.39, 0.29) is 24.8 Å². The summed E-state index contributed by atoms with van der Waals surface area (Å²) in [6.07, 6.45) is 9.83. The van der Waals surface area contributed by atoms with Crippen molar-refractivity contribution in [3.8, 4) is 16.9 Å². The van der Waals surface area contributed by atoms with Crippen LogP contribution in [-0.4, -0.2) is 22.7 Å². The van der Waals surface area contributed by atoms with Gasteiger partial charge in [0.15, 0.2) is 31.4 Å². The summed E-state index contributed by atoms with van der Waals surface area (Å²) in [6, 6.07) is 15.3. The highest BCUT2D eigenvalue weighted by Crippen LogP contribution is 2.29. The van der Waals surface area contributed by atoms with Gasteiger partial charge in [0.25, 0.3) is 0 Å². The first-order valence-corrected chi connectivity index (χ1v) is 9.60. The van der Waals surface area contributed by atoms with Gasteiger partial charge in [-0.1, -0.05) is 11.6 Å². The van der Waals surface area contributed by atoms with Crippen LogP contribution in [0.4, 0.5) is 0 Å². The number of aliphatic carboxylic acids is 1. The molecule has 4 aromatic rings. The largest absolute Gasteiger partial charge is 1.00 e. The molecule has 1 aromatic carbocycles. The first kappa shape index (κ1) is 27.1. The van der Waals surface area contributed by atoms with E-state index in [9.17, 15) is 4.79 Å². The Morgan fingerprint density at radius 3 is 1.97 bits per heavy atom. The molecule has 6 nitrogen and oxygen atoms in total. The van der Waals surface area contributed by atoms with Crippen LogP contribution in [0.15, 0.2) is 79.5 Å². The molecule has 0 saturated carbocycles. The zero-order valence-corrected chi connectivity index (χ0v) is 19.7. The number of hydrogen-bond acceptors (Lipinski definition) is 3. The lowest BCUT2D eigenvalue weighted by Gasteiger charge is -2.07. The van der Waals surface area contributed by atoms with Gasteiger partial charge in [-0.2, -0.15) is 0 Å². The van der Waals surface area contributed by atoms with E-state index < -0.39 is 12.6 Å². The van der Waals surface area contributed by atoms with Gasteiger partial charge in [-0.3, -0.25) is 4.98 Å². The fraction of sp³-hybridized carbons (Fsp3) is 0.130. The third-order valence-electron chi connectivity index (χ3n) is 4.32. The Balaban J connectivity index is 0.000000303. The van der Waals surface area contributed by atoms with Gasteiger partial charge in [0.2, 0.25) is 0 Å². The van der Waals surface area contributed by atoms with Gasteiger partial charge in [0.05, 0.1) is 5.02 Å². The van der Waals surface area contributed by atoms with E-state index in [1.807, 2.05) is 23.2 Å². The lowest BCUT2D eigenvalue weighted by atomic mass is 10.1. The Morgan fingerprint density at radius 2 is 1.47 bits per heavy atom. The molecule has 0 amide bonds. The van der Waals surface area contributed by atoms with Gasteiger partial charge in [-0.15, -0.1) is 0 Å². The lowest BCUT2D eigenvalue weighted by Crippen LogP contribution is -3.00. The predicted octanol–water partition coefficient (Wildman–Crippen LogP) is -2.64. The molecule has 0 fully saturated rings. The van der Waals surface area contributed by atoms with Crippen molar-refractivity contribution in [2.24, 2.45) is 14.1 Å². The van der Waals surface area contributed by atoms with Gasteiger partial charge >= 0.3 is 5.97 Å². The molecule has 0 saturated heterocycles. The molecule has 0 aliphatic carbocycles. The molecular weight excluding hydrogens is 473 g/mol. The number of aromatic nitrogens is 3. The van der Waals surface area contributed by atoms with E-state index in [0.29, 0.717) is 16.3 Å². The molecule has 0 bridgehead atoms. The van der Waals surface area contributed by atoms with Crippen molar-refractivity contribution >= 4 is 28.5 Å². The second-order valence-electron chi connectivity index (χ2n) is 6.63. The summed E-state index contributed by atoms with van der Waals surface area (Å²) < 4.78 is 9.18. The summed E-state index contributed by atoms with van der Waals surface area (Å²) >= 11 is 5.98. The van der Waals surface area contributed by atoms with Crippen LogP contribution >= 0.6 is 11.6 Å². The zero-order chi connectivity index (χ0) is 21.5. The van der Waals surface area contributed by atoms with Crippen LogP contribution in [0.5, 0.6) is 5.75 Å². The second-order valence-corrected chi connectivity index (χ2v) is 7.04. The molecule has 3 aromatic heterocycles. The van der Waals surface area contributed by atoms with Gasteiger partial charge in [0.1, 0.15) is 25.4 Å². The summed E-state index contributed by atoms with van der Waals surface area (Å²) in [5.74, 6) is -0.610. The van der Waals surface area contributed by atoms with E-state index in [0.717, 1.165) is 5.39 Å². The number of pyridine rings is 3. The van der Waals surface area contributed by atoms with Crippen LogP contribution in [0.25, 0.3) is 22.0 Å². The normalized spacial score (nSPS) is 9.59. The monoisotopic (exact) mass is 493 g/mol. The standard InChI is InChI=1S/C12H14N2.C11H8ClNO3.2ClH/c1-13-7-3-11(4-8-13)12-5-9-14(2)10-6-12;12-8-3-4-9(16-6-10(14)15)11-7(8)2-1-5-13-11;;/h3-10H,1-2H3;1-5H,6H2,(H,14,15);2*1H/q+2;;;/p-2. The molecule has 0 aliphatic rings. The van der Waals surface area contributed by atoms with Crippen LogP contribution < -0.4 is 38.7 Å². The van der Waals surface area contributed by atoms with E-state index in [2.05, 4.69) is 54.0 Å². The number of nitrogens with zero attached hydrogens (tertiary/aromatic N) is 3. The van der Waals surface area contributed by atoms with Crippen molar-refractivity contribution in [3.63, 3.8) is 0 Å². The molecule has 0 atom stereocenters. The second kappa shape index (κ2) is 12.8. The molecule has 168 valence electrons. The van der Waals surface area contributed by atoms with Gasteiger partial charge in [0, 0.05) is 35.8 Å². The number of halogens is 3. The average Bonchev–Trinajstić information content (AvgIpc) is 2.75. The number of benzene rings is 1. The van der Waals surface area contributed by atoms with E-state index in [4.69, 9.17) is 21.4 Å². The molecule has 0 unspecified atom stereocenters. The van der Waals surface area contributed by atoms with Crippen molar-refractivity contribution in [1.82, 2.24) is 4.98 Å². The van der Waals surface area contributed by atoms with Crippen molar-refractivity contribution in [1.29, 1.82) is 0 Å².